The molecule has 0 aliphatic heterocycles. The van der Waals surface area contributed by atoms with E-state index in [2.05, 4.69) is 21.6 Å². The molecule has 29 heavy (non-hydrogen) atoms. The SMILES string of the molecule is COc1cc([N+](=O)[O-])ccc1-c1ccc(C=NNc2nc3ccc(C)cc3s2)o1. The summed E-state index contributed by atoms with van der Waals surface area (Å²) in [6, 6.07) is 14.0. The Morgan fingerprint density at radius 3 is 2.90 bits per heavy atom. The number of nitro benzene ring substituents is 1. The zero-order valence-corrected chi connectivity index (χ0v) is 16.4. The molecule has 2 heterocycles. The van der Waals surface area contributed by atoms with Gasteiger partial charge in [0, 0.05) is 6.07 Å². The molecule has 0 saturated carbocycles. The number of ether oxygens (including phenoxy) is 1. The fourth-order valence-corrected chi connectivity index (χ4v) is 3.71. The van der Waals surface area contributed by atoms with E-state index in [1.165, 1.54) is 36.1 Å². The van der Waals surface area contributed by atoms with Gasteiger partial charge in [-0.2, -0.15) is 5.10 Å². The van der Waals surface area contributed by atoms with Crippen LogP contribution in [-0.2, 0) is 0 Å². The molecular weight excluding hydrogens is 392 g/mol. The van der Waals surface area contributed by atoms with Crippen LogP contribution in [0.25, 0.3) is 21.5 Å². The molecule has 9 heteroatoms. The van der Waals surface area contributed by atoms with Crippen molar-refractivity contribution < 1.29 is 14.1 Å². The van der Waals surface area contributed by atoms with Crippen molar-refractivity contribution in [3.8, 4) is 17.1 Å². The lowest BCUT2D eigenvalue weighted by molar-refractivity contribution is -0.384. The first-order chi connectivity index (χ1) is 14.0. The van der Waals surface area contributed by atoms with E-state index in [1.807, 2.05) is 19.1 Å². The number of methoxy groups -OCH3 is 1. The second-order valence-electron chi connectivity index (χ2n) is 6.20. The van der Waals surface area contributed by atoms with Crippen molar-refractivity contribution in [2.24, 2.45) is 5.10 Å². The number of aromatic nitrogens is 1. The Kier molecular flexibility index (Phi) is 4.96. The van der Waals surface area contributed by atoms with E-state index in [-0.39, 0.29) is 5.69 Å². The molecule has 0 bridgehead atoms. The summed E-state index contributed by atoms with van der Waals surface area (Å²) in [6.45, 7) is 2.04. The third kappa shape index (κ3) is 3.94. The zero-order chi connectivity index (χ0) is 20.4. The smallest absolute Gasteiger partial charge is 0.273 e. The van der Waals surface area contributed by atoms with Gasteiger partial charge < -0.3 is 9.15 Å². The number of non-ortho nitro benzene ring substituents is 1. The van der Waals surface area contributed by atoms with E-state index in [1.54, 1.807) is 24.4 Å². The molecule has 4 aromatic rings. The minimum atomic E-state index is -0.471. The van der Waals surface area contributed by atoms with Crippen LogP contribution in [0.1, 0.15) is 11.3 Å². The number of anilines is 1. The molecule has 2 aromatic carbocycles. The summed E-state index contributed by atoms with van der Waals surface area (Å²) >= 11 is 1.52. The molecule has 2 aromatic heterocycles. The highest BCUT2D eigenvalue weighted by molar-refractivity contribution is 7.22. The molecule has 0 fully saturated rings. The Bertz CT molecular complexity index is 1230. The number of benzene rings is 2. The van der Waals surface area contributed by atoms with Gasteiger partial charge in [-0.1, -0.05) is 17.4 Å². The van der Waals surface area contributed by atoms with Crippen LogP contribution in [0.3, 0.4) is 0 Å². The van der Waals surface area contributed by atoms with Gasteiger partial charge in [0.25, 0.3) is 5.69 Å². The van der Waals surface area contributed by atoms with Crippen LogP contribution in [0.5, 0.6) is 5.75 Å². The standard InChI is InChI=1S/C20H16N4O4S/c1-12-3-7-16-19(9-12)29-20(22-16)23-21-11-14-5-8-17(28-14)15-6-4-13(24(25)26)10-18(15)27-2/h3-11H,1-2H3,(H,22,23). The average molecular weight is 408 g/mol. The van der Waals surface area contributed by atoms with E-state index in [9.17, 15) is 10.1 Å². The van der Waals surface area contributed by atoms with E-state index in [0.29, 0.717) is 28.0 Å². The van der Waals surface area contributed by atoms with Crippen molar-refractivity contribution in [1.29, 1.82) is 0 Å². The zero-order valence-electron chi connectivity index (χ0n) is 15.6. The van der Waals surface area contributed by atoms with Crippen molar-refractivity contribution in [3.63, 3.8) is 0 Å². The largest absolute Gasteiger partial charge is 0.496 e. The summed E-state index contributed by atoms with van der Waals surface area (Å²) in [6.07, 6.45) is 1.54. The molecule has 0 aliphatic carbocycles. The van der Waals surface area contributed by atoms with Gasteiger partial charge in [0.2, 0.25) is 5.13 Å². The van der Waals surface area contributed by atoms with Crippen molar-refractivity contribution in [2.45, 2.75) is 6.92 Å². The van der Waals surface area contributed by atoms with Gasteiger partial charge in [-0.05, 0) is 42.8 Å². The minimum Gasteiger partial charge on any atom is -0.496 e. The Hall–Kier alpha value is -3.72. The number of nitro groups is 1. The molecule has 8 nitrogen and oxygen atoms in total. The second-order valence-corrected chi connectivity index (χ2v) is 7.23. The van der Waals surface area contributed by atoms with Crippen LogP contribution in [0.15, 0.2) is 58.0 Å². The lowest BCUT2D eigenvalue weighted by Gasteiger charge is -2.05. The Morgan fingerprint density at radius 1 is 1.24 bits per heavy atom. The maximum absolute atomic E-state index is 10.9. The number of nitrogens with one attached hydrogen (secondary N) is 1. The van der Waals surface area contributed by atoms with Crippen LogP contribution in [0, 0.1) is 17.0 Å². The average Bonchev–Trinajstić information content (AvgIpc) is 3.33. The molecule has 0 amide bonds. The summed E-state index contributed by atoms with van der Waals surface area (Å²) < 4.78 is 12.1. The van der Waals surface area contributed by atoms with Gasteiger partial charge in [-0.25, -0.2) is 4.98 Å². The van der Waals surface area contributed by atoms with Crippen LogP contribution in [0.2, 0.25) is 0 Å². The third-order valence-corrected chi connectivity index (χ3v) is 5.11. The van der Waals surface area contributed by atoms with Crippen LogP contribution >= 0.6 is 11.3 Å². The molecule has 0 atom stereocenters. The van der Waals surface area contributed by atoms with Gasteiger partial charge >= 0.3 is 0 Å². The second kappa shape index (κ2) is 7.72. The first kappa shape index (κ1) is 18.6. The van der Waals surface area contributed by atoms with Crippen LogP contribution in [0.4, 0.5) is 10.8 Å². The molecule has 0 radical (unpaired) electrons. The summed E-state index contributed by atoms with van der Waals surface area (Å²) in [5.74, 6) is 1.40. The van der Waals surface area contributed by atoms with E-state index in [0.717, 1.165) is 10.2 Å². The molecule has 0 spiro atoms. The van der Waals surface area contributed by atoms with Gasteiger partial charge in [0.05, 0.1) is 40.1 Å². The fourth-order valence-electron chi connectivity index (χ4n) is 2.79. The summed E-state index contributed by atoms with van der Waals surface area (Å²) in [7, 11) is 1.46. The number of hydrogen-bond donors (Lipinski definition) is 1. The third-order valence-electron chi connectivity index (χ3n) is 4.18. The first-order valence-corrected chi connectivity index (χ1v) is 9.44. The van der Waals surface area contributed by atoms with E-state index in [4.69, 9.17) is 9.15 Å². The number of hydrogen-bond acceptors (Lipinski definition) is 8. The Morgan fingerprint density at radius 2 is 2.10 bits per heavy atom. The van der Waals surface area contributed by atoms with Gasteiger partial charge in [0.1, 0.15) is 17.3 Å². The number of furan rings is 1. The van der Waals surface area contributed by atoms with Gasteiger partial charge in [-0.3, -0.25) is 15.5 Å². The van der Waals surface area contributed by atoms with Gasteiger partial charge in [-0.15, -0.1) is 0 Å². The van der Waals surface area contributed by atoms with E-state index >= 15 is 0 Å². The number of fused-ring (bicyclic) bond motifs is 1. The highest BCUT2D eigenvalue weighted by atomic mass is 32.1. The Balaban J connectivity index is 1.51. The lowest BCUT2D eigenvalue weighted by atomic mass is 10.1. The van der Waals surface area contributed by atoms with Crippen molar-refractivity contribution in [2.75, 3.05) is 12.5 Å². The molecule has 0 saturated heterocycles. The molecule has 146 valence electrons. The highest BCUT2D eigenvalue weighted by Gasteiger charge is 2.15. The number of hydrazone groups is 1. The minimum absolute atomic E-state index is 0.0471. The van der Waals surface area contributed by atoms with Crippen molar-refractivity contribution in [1.82, 2.24) is 4.98 Å². The molecule has 1 N–H and O–H groups in total. The molecule has 0 unspecified atom stereocenters. The number of rotatable bonds is 6. The topological polar surface area (TPSA) is 103 Å². The van der Waals surface area contributed by atoms with Gasteiger partial charge in [0.15, 0.2) is 0 Å². The number of aryl methyl sites for hydroxylation is 1. The first-order valence-electron chi connectivity index (χ1n) is 8.62. The predicted molar refractivity (Wildman–Crippen MR) is 113 cm³/mol. The molecular formula is C20H16N4O4S. The van der Waals surface area contributed by atoms with Crippen LogP contribution in [-0.4, -0.2) is 23.2 Å². The van der Waals surface area contributed by atoms with Crippen molar-refractivity contribution in [3.05, 3.63) is 70.0 Å². The molecule has 4 rings (SSSR count). The maximum atomic E-state index is 10.9. The lowest BCUT2D eigenvalue weighted by Crippen LogP contribution is -1.92. The van der Waals surface area contributed by atoms with Crippen LogP contribution < -0.4 is 10.2 Å². The number of thiazole rings is 1. The normalized spacial score (nSPS) is 11.2. The Labute approximate surface area is 169 Å². The number of nitrogens with zero attached hydrogens (tertiary/aromatic N) is 3. The van der Waals surface area contributed by atoms with Crippen molar-refractivity contribution >= 4 is 38.6 Å². The summed E-state index contributed by atoms with van der Waals surface area (Å²) in [5, 5.41) is 15.8. The molecule has 0 aliphatic rings. The predicted octanol–water partition coefficient (Wildman–Crippen LogP) is 5.23. The maximum Gasteiger partial charge on any atom is 0.273 e. The fraction of sp³-hybridized carbons (Fsp3) is 0.100. The summed E-state index contributed by atoms with van der Waals surface area (Å²) in [5.41, 5.74) is 5.58. The summed E-state index contributed by atoms with van der Waals surface area (Å²) in [4.78, 5) is 14.9. The highest BCUT2D eigenvalue weighted by Crippen LogP contribution is 2.34. The quantitative estimate of drug-likeness (QED) is 0.266. The monoisotopic (exact) mass is 408 g/mol. The van der Waals surface area contributed by atoms with E-state index < -0.39 is 4.92 Å².